The summed E-state index contributed by atoms with van der Waals surface area (Å²) in [7, 11) is 0. The van der Waals surface area contributed by atoms with Gasteiger partial charge >= 0.3 is 0 Å². The minimum atomic E-state index is -0.401. The van der Waals surface area contributed by atoms with Gasteiger partial charge in [-0.3, -0.25) is 4.79 Å². The predicted octanol–water partition coefficient (Wildman–Crippen LogP) is 5.19. The van der Waals surface area contributed by atoms with E-state index in [-0.39, 0.29) is 17.1 Å². The highest BCUT2D eigenvalue weighted by molar-refractivity contribution is 8.18. The zero-order valence-corrected chi connectivity index (χ0v) is 19.3. The van der Waals surface area contributed by atoms with Crippen molar-refractivity contribution in [2.75, 3.05) is 26.3 Å². The number of phenols is 1. The number of nitrogens with zero attached hydrogens (tertiary/aromatic N) is 2. The van der Waals surface area contributed by atoms with Crippen molar-refractivity contribution in [1.82, 2.24) is 4.90 Å². The smallest absolute Gasteiger partial charge is 0.286 e. The minimum Gasteiger partial charge on any atom is -0.508 e. The highest BCUT2D eigenvalue weighted by Crippen LogP contribution is 2.37. The quantitative estimate of drug-likeness (QED) is 0.645. The Morgan fingerprint density at radius 3 is 2.59 bits per heavy atom. The number of aliphatic imine (C=N–C) groups is 1. The summed E-state index contributed by atoms with van der Waals surface area (Å²) in [5, 5.41) is 11.0. The molecule has 0 aliphatic carbocycles. The number of hydrogen-bond acceptors (Lipinski definition) is 5. The van der Waals surface area contributed by atoms with Crippen LogP contribution in [0.4, 0.5) is 4.39 Å². The number of benzene rings is 2. The molecule has 0 saturated carbocycles. The Labute approximate surface area is 192 Å². The highest BCUT2D eigenvalue weighted by Gasteiger charge is 2.27. The maximum absolute atomic E-state index is 14.6. The maximum Gasteiger partial charge on any atom is 0.286 e. The molecule has 2 heterocycles. The van der Waals surface area contributed by atoms with Crippen LogP contribution in [0.5, 0.6) is 5.75 Å². The van der Waals surface area contributed by atoms with E-state index in [1.807, 2.05) is 17.0 Å². The second-order valence-corrected chi connectivity index (χ2v) is 9.62. The number of halogens is 1. The fourth-order valence-electron chi connectivity index (χ4n) is 3.71. The lowest BCUT2D eigenvalue weighted by Crippen LogP contribution is -2.38. The molecule has 2 aliphatic rings. The second-order valence-electron chi connectivity index (χ2n) is 8.62. The van der Waals surface area contributed by atoms with E-state index in [4.69, 9.17) is 4.74 Å². The molecule has 1 N–H and O–H groups in total. The summed E-state index contributed by atoms with van der Waals surface area (Å²) in [5.41, 5.74) is 2.70. The van der Waals surface area contributed by atoms with Crippen LogP contribution >= 0.6 is 11.8 Å². The summed E-state index contributed by atoms with van der Waals surface area (Å²) < 4.78 is 20.0. The van der Waals surface area contributed by atoms with Gasteiger partial charge in [0.1, 0.15) is 11.6 Å². The first-order chi connectivity index (χ1) is 15.3. The molecule has 1 amide bonds. The van der Waals surface area contributed by atoms with Crippen LogP contribution in [0.25, 0.3) is 17.2 Å². The summed E-state index contributed by atoms with van der Waals surface area (Å²) in [6.45, 7) is 8.83. The average Bonchev–Trinajstić information content (AvgIpc) is 3.16. The van der Waals surface area contributed by atoms with Gasteiger partial charge in [-0.1, -0.05) is 32.9 Å². The number of hydrogen-bond donors (Lipinski definition) is 1. The summed E-state index contributed by atoms with van der Waals surface area (Å²) >= 11 is 1.27. The Hall–Kier alpha value is -2.64. The van der Waals surface area contributed by atoms with E-state index in [1.54, 1.807) is 24.3 Å². The molecular formula is C25H27FN2O3S. The molecule has 0 spiro atoms. The highest BCUT2D eigenvalue weighted by atomic mass is 32.2. The number of phenolic OH excluding ortho intramolecular Hbond substituents is 1. The number of ether oxygens (including phenoxy) is 1. The third kappa shape index (κ3) is 4.59. The summed E-state index contributed by atoms with van der Waals surface area (Å²) in [6.07, 6.45) is 2.44. The Kier molecular flexibility index (Phi) is 6.40. The molecule has 0 radical (unpaired) electrons. The van der Waals surface area contributed by atoms with E-state index in [0.717, 1.165) is 23.1 Å². The number of morpholine rings is 1. The Balaban J connectivity index is 1.63. The van der Waals surface area contributed by atoms with Crippen molar-refractivity contribution in [2.45, 2.75) is 32.6 Å². The number of amidine groups is 1. The first-order valence-electron chi connectivity index (χ1n) is 10.8. The van der Waals surface area contributed by atoms with Gasteiger partial charge in [0, 0.05) is 24.2 Å². The van der Waals surface area contributed by atoms with Crippen LogP contribution < -0.4 is 0 Å². The number of amides is 1. The van der Waals surface area contributed by atoms with E-state index < -0.39 is 5.82 Å². The maximum atomic E-state index is 14.6. The van der Waals surface area contributed by atoms with Crippen molar-refractivity contribution in [1.29, 1.82) is 0 Å². The van der Waals surface area contributed by atoms with Crippen LogP contribution in [0.15, 0.2) is 46.3 Å². The number of carbonyl (C=O) groups is 1. The molecule has 1 saturated heterocycles. The number of carbonyl (C=O) groups excluding carboxylic acids is 1. The summed E-state index contributed by atoms with van der Waals surface area (Å²) in [4.78, 5) is 19.0. The fraction of sp³-hybridized carbons (Fsp3) is 0.360. The van der Waals surface area contributed by atoms with Gasteiger partial charge in [-0.25, -0.2) is 4.39 Å². The van der Waals surface area contributed by atoms with Gasteiger partial charge in [-0.15, -0.1) is 0 Å². The largest absolute Gasteiger partial charge is 0.508 e. The molecule has 32 heavy (non-hydrogen) atoms. The molecule has 0 bridgehead atoms. The fourth-order valence-corrected chi connectivity index (χ4v) is 4.67. The molecular weight excluding hydrogens is 427 g/mol. The van der Waals surface area contributed by atoms with Crippen molar-refractivity contribution in [3.8, 4) is 16.9 Å². The van der Waals surface area contributed by atoms with Gasteiger partial charge in [0.25, 0.3) is 5.91 Å². The number of thioether (sulfide) groups is 1. The molecule has 0 atom stereocenters. The van der Waals surface area contributed by atoms with Gasteiger partial charge in [0.15, 0.2) is 5.17 Å². The summed E-state index contributed by atoms with van der Waals surface area (Å²) in [6, 6.07) is 10.3. The molecule has 0 unspecified atom stereocenters. The van der Waals surface area contributed by atoms with Gasteiger partial charge in [-0.2, -0.15) is 4.99 Å². The molecule has 2 aromatic rings. The van der Waals surface area contributed by atoms with Gasteiger partial charge < -0.3 is 14.7 Å². The third-order valence-electron chi connectivity index (χ3n) is 6.12. The van der Waals surface area contributed by atoms with E-state index in [2.05, 4.69) is 25.8 Å². The van der Waals surface area contributed by atoms with Crippen LogP contribution in [-0.4, -0.2) is 47.4 Å². The predicted molar refractivity (Wildman–Crippen MR) is 127 cm³/mol. The van der Waals surface area contributed by atoms with E-state index in [0.29, 0.717) is 41.9 Å². The molecule has 7 heteroatoms. The van der Waals surface area contributed by atoms with Gasteiger partial charge in [-0.05, 0) is 65.1 Å². The van der Waals surface area contributed by atoms with E-state index >= 15 is 0 Å². The topological polar surface area (TPSA) is 62.1 Å². The molecule has 2 aliphatic heterocycles. The lowest BCUT2D eigenvalue weighted by molar-refractivity contribution is -0.113. The molecule has 1 fully saturated rings. The molecule has 168 valence electrons. The molecule has 4 rings (SSSR count). The minimum absolute atomic E-state index is 0.189. The first-order valence-corrected chi connectivity index (χ1v) is 11.6. The van der Waals surface area contributed by atoms with Gasteiger partial charge in [0.2, 0.25) is 0 Å². The number of rotatable bonds is 4. The molecule has 5 nitrogen and oxygen atoms in total. The van der Waals surface area contributed by atoms with Gasteiger partial charge in [0.05, 0.1) is 18.1 Å². The van der Waals surface area contributed by atoms with E-state index in [1.165, 1.54) is 17.8 Å². The first kappa shape index (κ1) is 22.6. The van der Waals surface area contributed by atoms with Crippen LogP contribution in [0.2, 0.25) is 0 Å². The van der Waals surface area contributed by atoms with Crippen LogP contribution in [-0.2, 0) is 14.9 Å². The average molecular weight is 455 g/mol. The molecule has 0 aromatic heterocycles. The number of aromatic hydroxyl groups is 1. The third-order valence-corrected chi connectivity index (χ3v) is 7.16. The Bertz CT molecular complexity index is 1100. The van der Waals surface area contributed by atoms with Crippen molar-refractivity contribution in [3.63, 3.8) is 0 Å². The normalized spacial score (nSPS) is 18.4. The monoisotopic (exact) mass is 454 g/mol. The van der Waals surface area contributed by atoms with Crippen molar-refractivity contribution in [2.24, 2.45) is 4.99 Å². The lowest BCUT2D eigenvalue weighted by Gasteiger charge is -2.27. The Morgan fingerprint density at radius 1 is 1.19 bits per heavy atom. The lowest BCUT2D eigenvalue weighted by atomic mass is 9.80. The molecule has 2 aromatic carbocycles. The van der Waals surface area contributed by atoms with Crippen molar-refractivity contribution >= 4 is 28.9 Å². The zero-order chi connectivity index (χ0) is 22.9. The van der Waals surface area contributed by atoms with Crippen LogP contribution in [0.1, 0.15) is 38.3 Å². The van der Waals surface area contributed by atoms with Crippen molar-refractivity contribution in [3.05, 3.63) is 58.2 Å². The van der Waals surface area contributed by atoms with Crippen molar-refractivity contribution < 1.29 is 19.0 Å². The second kappa shape index (κ2) is 9.08. The van der Waals surface area contributed by atoms with Crippen LogP contribution in [0, 0.1) is 5.82 Å². The van der Waals surface area contributed by atoms with E-state index in [9.17, 15) is 14.3 Å². The van der Waals surface area contributed by atoms with Crippen LogP contribution in [0.3, 0.4) is 0 Å². The summed E-state index contributed by atoms with van der Waals surface area (Å²) in [5.74, 6) is -0.494. The SMILES string of the molecule is CCC(C)(C)c1cc(-c2ccc(F)c(C=C3SC(N4CCOCC4)=NC3=O)c2)ccc1O. The Morgan fingerprint density at radius 2 is 1.88 bits per heavy atom. The standard InChI is InChI=1S/C25H27FN2O3S/c1-4-25(2,3)19-14-17(6-8-21(19)29)16-5-7-20(26)18(13-16)15-22-23(30)27-24(32-22)28-9-11-31-12-10-28/h5-8,13-15,29H,4,9-12H2,1-3H3. The zero-order valence-electron chi connectivity index (χ0n) is 18.5.